The Morgan fingerprint density at radius 3 is 2.87 bits per heavy atom. The van der Waals surface area contributed by atoms with Crippen LogP contribution in [0.15, 0.2) is 29.3 Å². The summed E-state index contributed by atoms with van der Waals surface area (Å²) in [6.45, 7) is 2.94. The van der Waals surface area contributed by atoms with Crippen LogP contribution < -0.4 is 15.4 Å². The molecule has 2 aliphatic rings. The molecule has 0 spiro atoms. The molecular formula is C17H27IN4O. The maximum atomic E-state index is 6.07. The first-order valence-corrected chi connectivity index (χ1v) is 8.09. The van der Waals surface area contributed by atoms with Crippen molar-refractivity contribution < 1.29 is 4.74 Å². The number of ether oxygens (including phenoxy) is 1. The molecule has 1 aromatic rings. The van der Waals surface area contributed by atoms with Gasteiger partial charge in [-0.1, -0.05) is 6.07 Å². The van der Waals surface area contributed by atoms with Crippen molar-refractivity contribution in [2.24, 2.45) is 16.6 Å². The summed E-state index contributed by atoms with van der Waals surface area (Å²) in [6, 6.07) is 8.89. The number of guanidine groups is 1. The maximum absolute atomic E-state index is 6.07. The van der Waals surface area contributed by atoms with Crippen LogP contribution in [0.5, 0.6) is 5.75 Å². The Kier molecular flexibility index (Phi) is 6.38. The summed E-state index contributed by atoms with van der Waals surface area (Å²) in [5, 5.41) is 0. The lowest BCUT2D eigenvalue weighted by atomic mass is 10.1. The first kappa shape index (κ1) is 18.2. The standard InChI is InChI=1S/C17H26N4O.HI/c1-20(14-6-7-14)17(18)19-11-13-8-9-21(12-13)15-4-3-5-16(10-15)22-2;/h3-5,10,13-14H,6-9,11-12H2,1-2H3,(H2,18,19);1H. The van der Waals surface area contributed by atoms with Gasteiger partial charge in [-0.2, -0.15) is 0 Å². The normalized spacial score (nSPS) is 21.0. The van der Waals surface area contributed by atoms with Crippen LogP contribution in [0.25, 0.3) is 0 Å². The van der Waals surface area contributed by atoms with Gasteiger partial charge in [0, 0.05) is 44.5 Å². The molecule has 23 heavy (non-hydrogen) atoms. The topological polar surface area (TPSA) is 54.1 Å². The van der Waals surface area contributed by atoms with E-state index in [1.165, 1.54) is 24.9 Å². The Bertz CT molecular complexity index is 547. The van der Waals surface area contributed by atoms with Crippen molar-refractivity contribution in [3.8, 4) is 5.75 Å². The van der Waals surface area contributed by atoms with Crippen molar-refractivity contribution in [1.82, 2.24) is 4.90 Å². The lowest BCUT2D eigenvalue weighted by Crippen LogP contribution is -2.36. The third kappa shape index (κ3) is 4.65. The number of anilines is 1. The van der Waals surface area contributed by atoms with Crippen molar-refractivity contribution in [2.45, 2.75) is 25.3 Å². The number of rotatable bonds is 5. The number of methoxy groups -OCH3 is 1. The molecule has 0 bridgehead atoms. The largest absolute Gasteiger partial charge is 0.497 e. The fraction of sp³-hybridized carbons (Fsp3) is 0.588. The minimum absolute atomic E-state index is 0. The number of nitrogens with two attached hydrogens (primary N) is 1. The van der Waals surface area contributed by atoms with E-state index < -0.39 is 0 Å². The molecule has 3 rings (SSSR count). The molecule has 0 amide bonds. The van der Waals surface area contributed by atoms with E-state index in [0.29, 0.717) is 17.9 Å². The van der Waals surface area contributed by atoms with Crippen LogP contribution >= 0.6 is 24.0 Å². The Labute approximate surface area is 155 Å². The predicted molar refractivity (Wildman–Crippen MR) is 106 cm³/mol. The lowest BCUT2D eigenvalue weighted by Gasteiger charge is -2.20. The molecular weight excluding hydrogens is 403 g/mol. The van der Waals surface area contributed by atoms with Crippen LogP contribution in [0.2, 0.25) is 0 Å². The summed E-state index contributed by atoms with van der Waals surface area (Å²) in [4.78, 5) is 9.12. The second-order valence-corrected chi connectivity index (χ2v) is 6.34. The minimum atomic E-state index is 0. The summed E-state index contributed by atoms with van der Waals surface area (Å²) >= 11 is 0. The van der Waals surface area contributed by atoms with E-state index in [-0.39, 0.29) is 24.0 Å². The molecule has 6 heteroatoms. The van der Waals surface area contributed by atoms with Crippen LogP contribution in [0.4, 0.5) is 5.69 Å². The van der Waals surface area contributed by atoms with Crippen molar-refractivity contribution in [1.29, 1.82) is 0 Å². The molecule has 0 radical (unpaired) electrons. The molecule has 2 fully saturated rings. The highest BCUT2D eigenvalue weighted by Crippen LogP contribution is 2.27. The molecule has 1 saturated heterocycles. The average molecular weight is 430 g/mol. The second-order valence-electron chi connectivity index (χ2n) is 6.34. The number of benzene rings is 1. The van der Waals surface area contributed by atoms with Gasteiger partial charge in [0.1, 0.15) is 5.75 Å². The van der Waals surface area contributed by atoms with Gasteiger partial charge in [-0.15, -0.1) is 24.0 Å². The van der Waals surface area contributed by atoms with Gasteiger partial charge >= 0.3 is 0 Å². The lowest BCUT2D eigenvalue weighted by molar-refractivity contribution is 0.415. The fourth-order valence-electron chi connectivity index (χ4n) is 3.01. The van der Waals surface area contributed by atoms with Gasteiger partial charge in [0.25, 0.3) is 0 Å². The van der Waals surface area contributed by atoms with Crippen LogP contribution in [0.3, 0.4) is 0 Å². The second kappa shape index (κ2) is 8.08. The number of nitrogens with zero attached hydrogens (tertiary/aromatic N) is 3. The highest BCUT2D eigenvalue weighted by molar-refractivity contribution is 14.0. The fourth-order valence-corrected chi connectivity index (χ4v) is 3.01. The van der Waals surface area contributed by atoms with E-state index >= 15 is 0 Å². The maximum Gasteiger partial charge on any atom is 0.191 e. The van der Waals surface area contributed by atoms with Crippen LogP contribution in [-0.2, 0) is 0 Å². The van der Waals surface area contributed by atoms with Gasteiger partial charge in [-0.3, -0.25) is 4.99 Å². The van der Waals surface area contributed by atoms with E-state index in [2.05, 4.69) is 26.9 Å². The van der Waals surface area contributed by atoms with Crippen molar-refractivity contribution in [3.63, 3.8) is 0 Å². The van der Waals surface area contributed by atoms with Gasteiger partial charge in [-0.05, 0) is 37.3 Å². The number of hydrogen-bond acceptors (Lipinski definition) is 3. The molecule has 1 aromatic carbocycles. The monoisotopic (exact) mass is 430 g/mol. The Balaban J connectivity index is 0.00000192. The molecule has 1 aliphatic heterocycles. The van der Waals surface area contributed by atoms with E-state index in [0.717, 1.165) is 25.4 Å². The highest BCUT2D eigenvalue weighted by Gasteiger charge is 2.28. The minimum Gasteiger partial charge on any atom is -0.497 e. The average Bonchev–Trinajstić information content (AvgIpc) is 3.30. The molecule has 1 unspecified atom stereocenters. The van der Waals surface area contributed by atoms with Crippen LogP contribution in [0.1, 0.15) is 19.3 Å². The number of aliphatic imine (C=N–C) groups is 1. The van der Waals surface area contributed by atoms with Gasteiger partial charge in [0.2, 0.25) is 0 Å². The van der Waals surface area contributed by atoms with E-state index in [9.17, 15) is 0 Å². The Hall–Kier alpha value is -1.18. The number of hydrogen-bond donors (Lipinski definition) is 1. The van der Waals surface area contributed by atoms with Gasteiger partial charge in [-0.25, -0.2) is 0 Å². The molecule has 2 N–H and O–H groups in total. The summed E-state index contributed by atoms with van der Waals surface area (Å²) < 4.78 is 5.30. The van der Waals surface area contributed by atoms with Crippen molar-refractivity contribution >= 4 is 35.6 Å². The van der Waals surface area contributed by atoms with E-state index in [1.807, 2.05) is 19.2 Å². The zero-order valence-corrected chi connectivity index (χ0v) is 16.3. The quantitative estimate of drug-likeness (QED) is 0.443. The smallest absolute Gasteiger partial charge is 0.191 e. The summed E-state index contributed by atoms with van der Waals surface area (Å²) in [6.07, 6.45) is 3.67. The van der Waals surface area contributed by atoms with Crippen molar-refractivity contribution in [3.05, 3.63) is 24.3 Å². The molecule has 1 heterocycles. The summed E-state index contributed by atoms with van der Waals surface area (Å²) in [5.41, 5.74) is 7.30. The van der Waals surface area contributed by atoms with E-state index in [1.54, 1.807) is 7.11 Å². The Morgan fingerprint density at radius 1 is 1.39 bits per heavy atom. The Morgan fingerprint density at radius 2 is 2.17 bits per heavy atom. The summed E-state index contributed by atoms with van der Waals surface area (Å²) in [5.74, 6) is 2.19. The zero-order valence-electron chi connectivity index (χ0n) is 13.9. The van der Waals surface area contributed by atoms with Crippen LogP contribution in [-0.4, -0.2) is 50.7 Å². The third-order valence-electron chi connectivity index (χ3n) is 4.67. The third-order valence-corrected chi connectivity index (χ3v) is 4.67. The molecule has 128 valence electrons. The van der Waals surface area contributed by atoms with Gasteiger partial charge in [0.05, 0.1) is 7.11 Å². The first-order valence-electron chi connectivity index (χ1n) is 8.09. The molecule has 1 aliphatic carbocycles. The molecule has 1 atom stereocenters. The predicted octanol–water partition coefficient (Wildman–Crippen LogP) is 2.55. The summed E-state index contributed by atoms with van der Waals surface area (Å²) in [7, 11) is 3.76. The van der Waals surface area contributed by atoms with Crippen LogP contribution in [0, 0.1) is 5.92 Å². The molecule has 1 saturated carbocycles. The zero-order chi connectivity index (χ0) is 15.5. The van der Waals surface area contributed by atoms with Gasteiger partial charge < -0.3 is 20.3 Å². The van der Waals surface area contributed by atoms with Crippen molar-refractivity contribution in [2.75, 3.05) is 38.7 Å². The van der Waals surface area contributed by atoms with E-state index in [4.69, 9.17) is 10.5 Å². The molecule has 0 aromatic heterocycles. The molecule has 5 nitrogen and oxygen atoms in total. The SMILES string of the molecule is COc1cccc(N2CCC(CN=C(N)N(C)C3CC3)C2)c1.I. The highest BCUT2D eigenvalue weighted by atomic mass is 127. The van der Waals surface area contributed by atoms with Gasteiger partial charge in [0.15, 0.2) is 5.96 Å². The first-order chi connectivity index (χ1) is 10.7. The number of halogens is 1.